The molecule has 0 saturated heterocycles. The maximum Gasteiger partial charge on any atom is 0.253 e. The minimum absolute atomic E-state index is 0.0243. The lowest BCUT2D eigenvalue weighted by Crippen LogP contribution is -2.29. The largest absolute Gasteiger partial charge is 0.345 e. The minimum atomic E-state index is -3.45. The Bertz CT molecular complexity index is 916. The zero-order valence-corrected chi connectivity index (χ0v) is 15.6. The Balaban J connectivity index is 1.93. The molecule has 1 amide bonds. The molecule has 0 aromatic heterocycles. The molecule has 1 unspecified atom stereocenters. The summed E-state index contributed by atoms with van der Waals surface area (Å²) in [6.07, 6.45) is 0.792. The number of carbonyl (C=O) groups excluding carboxylic acids is 1. The van der Waals surface area contributed by atoms with Crippen LogP contribution in [0.5, 0.6) is 0 Å². The molecule has 2 aromatic carbocycles. The SMILES string of the molecule is CCS(=O)(=O)c1ccccc1C(=O)NC1CC(C)(C)c2ccccc21. The molecule has 2 aromatic rings. The van der Waals surface area contributed by atoms with E-state index in [9.17, 15) is 13.2 Å². The molecule has 132 valence electrons. The summed E-state index contributed by atoms with van der Waals surface area (Å²) < 4.78 is 24.6. The van der Waals surface area contributed by atoms with E-state index in [4.69, 9.17) is 0 Å². The molecule has 4 nitrogen and oxygen atoms in total. The Kier molecular flexibility index (Phi) is 4.45. The number of fused-ring (bicyclic) bond motifs is 1. The molecule has 0 heterocycles. The number of sulfone groups is 1. The monoisotopic (exact) mass is 357 g/mol. The van der Waals surface area contributed by atoms with Gasteiger partial charge in [-0.05, 0) is 35.1 Å². The fourth-order valence-electron chi connectivity index (χ4n) is 3.59. The first-order valence-electron chi connectivity index (χ1n) is 8.48. The van der Waals surface area contributed by atoms with E-state index >= 15 is 0 Å². The van der Waals surface area contributed by atoms with Crippen molar-refractivity contribution in [1.82, 2.24) is 5.32 Å². The van der Waals surface area contributed by atoms with Crippen LogP contribution in [0.4, 0.5) is 0 Å². The number of hydrogen-bond donors (Lipinski definition) is 1. The number of nitrogens with one attached hydrogen (secondary N) is 1. The van der Waals surface area contributed by atoms with Gasteiger partial charge in [0.25, 0.3) is 5.91 Å². The van der Waals surface area contributed by atoms with Gasteiger partial charge in [-0.1, -0.05) is 57.2 Å². The average Bonchev–Trinajstić information content (AvgIpc) is 2.86. The molecule has 1 aliphatic rings. The second-order valence-electron chi connectivity index (χ2n) is 7.10. The van der Waals surface area contributed by atoms with Gasteiger partial charge < -0.3 is 5.32 Å². The van der Waals surface area contributed by atoms with E-state index in [2.05, 4.69) is 25.2 Å². The minimum Gasteiger partial charge on any atom is -0.345 e. The molecule has 0 spiro atoms. The number of hydrogen-bond acceptors (Lipinski definition) is 3. The van der Waals surface area contributed by atoms with Gasteiger partial charge in [0.1, 0.15) is 0 Å². The first-order valence-corrected chi connectivity index (χ1v) is 10.1. The number of carbonyl (C=O) groups is 1. The number of rotatable bonds is 4. The Labute approximate surface area is 149 Å². The van der Waals surface area contributed by atoms with Gasteiger partial charge in [-0.25, -0.2) is 8.42 Å². The lowest BCUT2D eigenvalue weighted by atomic mass is 9.86. The van der Waals surface area contributed by atoms with Crippen LogP contribution in [-0.2, 0) is 15.3 Å². The molecule has 1 aliphatic carbocycles. The van der Waals surface area contributed by atoms with E-state index in [0.29, 0.717) is 0 Å². The molecule has 0 fully saturated rings. The highest BCUT2D eigenvalue weighted by atomic mass is 32.2. The van der Waals surface area contributed by atoms with Crippen molar-refractivity contribution < 1.29 is 13.2 Å². The Morgan fingerprint density at radius 2 is 1.76 bits per heavy atom. The smallest absolute Gasteiger partial charge is 0.253 e. The number of benzene rings is 2. The topological polar surface area (TPSA) is 63.2 Å². The van der Waals surface area contributed by atoms with Crippen molar-refractivity contribution in [1.29, 1.82) is 0 Å². The van der Waals surface area contributed by atoms with Gasteiger partial charge in [0.2, 0.25) is 0 Å². The van der Waals surface area contributed by atoms with Gasteiger partial charge in [-0.3, -0.25) is 4.79 Å². The fourth-order valence-corrected chi connectivity index (χ4v) is 4.69. The molecule has 0 bridgehead atoms. The molecular weight excluding hydrogens is 334 g/mol. The van der Waals surface area contributed by atoms with Crippen molar-refractivity contribution in [2.75, 3.05) is 5.75 Å². The van der Waals surface area contributed by atoms with Crippen LogP contribution in [0.3, 0.4) is 0 Å². The average molecular weight is 357 g/mol. The van der Waals surface area contributed by atoms with Crippen LogP contribution in [0, 0.1) is 0 Å². The van der Waals surface area contributed by atoms with E-state index in [-0.39, 0.29) is 33.6 Å². The molecule has 1 N–H and O–H groups in total. The van der Waals surface area contributed by atoms with E-state index in [1.54, 1.807) is 25.1 Å². The molecule has 1 atom stereocenters. The number of amides is 1. The van der Waals surface area contributed by atoms with Gasteiger partial charge >= 0.3 is 0 Å². The van der Waals surface area contributed by atoms with Crippen LogP contribution in [0.25, 0.3) is 0 Å². The second kappa shape index (κ2) is 6.30. The maximum absolute atomic E-state index is 12.8. The van der Waals surface area contributed by atoms with Crippen LogP contribution in [0.15, 0.2) is 53.4 Å². The maximum atomic E-state index is 12.8. The Hall–Kier alpha value is -2.14. The molecule has 0 aliphatic heterocycles. The summed E-state index contributed by atoms with van der Waals surface area (Å²) in [7, 11) is -3.45. The van der Waals surface area contributed by atoms with E-state index in [0.717, 1.165) is 12.0 Å². The highest BCUT2D eigenvalue weighted by molar-refractivity contribution is 7.91. The zero-order chi connectivity index (χ0) is 18.2. The summed E-state index contributed by atoms with van der Waals surface area (Å²) in [6.45, 7) is 5.90. The Morgan fingerprint density at radius 3 is 2.48 bits per heavy atom. The fraction of sp³-hybridized carbons (Fsp3) is 0.350. The summed E-state index contributed by atoms with van der Waals surface area (Å²) in [5.41, 5.74) is 2.53. The van der Waals surface area contributed by atoms with Crippen LogP contribution < -0.4 is 5.32 Å². The third-order valence-electron chi connectivity index (χ3n) is 4.93. The molecule has 25 heavy (non-hydrogen) atoms. The third-order valence-corrected chi connectivity index (χ3v) is 6.72. The summed E-state index contributed by atoms with van der Waals surface area (Å²) in [5, 5.41) is 3.04. The highest BCUT2D eigenvalue weighted by Crippen LogP contribution is 2.44. The summed E-state index contributed by atoms with van der Waals surface area (Å²) >= 11 is 0. The van der Waals surface area contributed by atoms with Crippen LogP contribution in [-0.4, -0.2) is 20.1 Å². The molecule has 0 radical (unpaired) electrons. The standard InChI is InChI=1S/C20H23NO3S/c1-4-25(23,24)18-12-8-6-10-15(18)19(22)21-17-13-20(2,3)16-11-7-5-9-14(16)17/h5-12,17H,4,13H2,1-3H3,(H,21,22). The Morgan fingerprint density at radius 1 is 1.12 bits per heavy atom. The first-order chi connectivity index (χ1) is 11.8. The van der Waals surface area contributed by atoms with Gasteiger partial charge in [-0.2, -0.15) is 0 Å². The molecular formula is C20H23NO3S. The van der Waals surface area contributed by atoms with E-state index in [1.807, 2.05) is 18.2 Å². The van der Waals surface area contributed by atoms with Crippen molar-refractivity contribution in [3.63, 3.8) is 0 Å². The predicted octanol–water partition coefficient (Wildman–Crippen LogP) is 3.63. The lowest BCUT2D eigenvalue weighted by molar-refractivity contribution is 0.0931. The zero-order valence-electron chi connectivity index (χ0n) is 14.7. The summed E-state index contributed by atoms with van der Waals surface area (Å²) in [6, 6.07) is 14.4. The summed E-state index contributed by atoms with van der Waals surface area (Å²) in [5.74, 6) is -0.374. The van der Waals surface area contributed by atoms with Gasteiger partial charge in [0, 0.05) is 0 Å². The normalized spacial score (nSPS) is 18.6. The molecule has 5 heteroatoms. The molecule has 3 rings (SSSR count). The highest BCUT2D eigenvalue weighted by Gasteiger charge is 2.37. The summed E-state index contributed by atoms with van der Waals surface area (Å²) in [4.78, 5) is 12.9. The van der Waals surface area contributed by atoms with E-state index in [1.165, 1.54) is 11.6 Å². The van der Waals surface area contributed by atoms with Crippen molar-refractivity contribution >= 4 is 15.7 Å². The quantitative estimate of drug-likeness (QED) is 0.909. The van der Waals surface area contributed by atoms with Gasteiger partial charge in [0.05, 0.1) is 22.3 Å². The van der Waals surface area contributed by atoms with Crippen molar-refractivity contribution in [2.24, 2.45) is 0 Å². The van der Waals surface area contributed by atoms with Crippen LogP contribution in [0.2, 0.25) is 0 Å². The van der Waals surface area contributed by atoms with Crippen LogP contribution in [0.1, 0.15) is 54.7 Å². The van der Waals surface area contributed by atoms with Crippen molar-refractivity contribution in [3.05, 3.63) is 65.2 Å². The second-order valence-corrected chi connectivity index (χ2v) is 9.35. The molecule has 0 saturated carbocycles. The lowest BCUT2D eigenvalue weighted by Gasteiger charge is -2.20. The van der Waals surface area contributed by atoms with Crippen molar-refractivity contribution in [2.45, 2.75) is 43.5 Å². The first kappa shape index (κ1) is 17.7. The van der Waals surface area contributed by atoms with Crippen molar-refractivity contribution in [3.8, 4) is 0 Å². The van der Waals surface area contributed by atoms with E-state index < -0.39 is 9.84 Å². The third kappa shape index (κ3) is 3.21. The van der Waals surface area contributed by atoms with Gasteiger partial charge in [-0.15, -0.1) is 0 Å². The van der Waals surface area contributed by atoms with Crippen LogP contribution >= 0.6 is 0 Å². The predicted molar refractivity (Wildman–Crippen MR) is 98.5 cm³/mol. The van der Waals surface area contributed by atoms with Gasteiger partial charge in [0.15, 0.2) is 9.84 Å².